The van der Waals surface area contributed by atoms with Gasteiger partial charge in [0, 0.05) is 17.1 Å². The Morgan fingerprint density at radius 1 is 1.08 bits per heavy atom. The summed E-state index contributed by atoms with van der Waals surface area (Å²) in [7, 11) is 0. The molecule has 1 saturated carbocycles. The molecule has 0 spiro atoms. The minimum Gasteiger partial charge on any atom is -0.349 e. The maximum Gasteiger partial charge on any atom is 0.252 e. The van der Waals surface area contributed by atoms with Crippen molar-refractivity contribution in [3.63, 3.8) is 0 Å². The molecule has 0 radical (unpaired) electrons. The zero-order valence-corrected chi connectivity index (χ0v) is 15.2. The summed E-state index contributed by atoms with van der Waals surface area (Å²) in [6, 6.07) is 8.46. The standard InChI is InChI=1S/C22H28N2O/c1-15-12-13-20-18(14-15)21(17-10-6-7-11-19(17)24-20)22(25)23-16-8-4-2-3-5-9-16/h6-7,10-11,15-16H,2-5,8-9,12-14H2,1H3,(H,23,25). The summed E-state index contributed by atoms with van der Waals surface area (Å²) >= 11 is 0. The van der Waals surface area contributed by atoms with Gasteiger partial charge in [0.2, 0.25) is 0 Å². The number of rotatable bonds is 2. The summed E-state index contributed by atoms with van der Waals surface area (Å²) in [6.45, 7) is 2.28. The van der Waals surface area contributed by atoms with Gasteiger partial charge in [-0.25, -0.2) is 0 Å². The Morgan fingerprint density at radius 3 is 2.64 bits per heavy atom. The maximum atomic E-state index is 13.3. The normalized spacial score (nSPS) is 21.6. The number of benzene rings is 1. The molecule has 3 nitrogen and oxygen atoms in total. The average molecular weight is 336 g/mol. The number of amides is 1. The van der Waals surface area contributed by atoms with Gasteiger partial charge in [-0.2, -0.15) is 0 Å². The first-order chi connectivity index (χ1) is 12.2. The van der Waals surface area contributed by atoms with E-state index in [1.807, 2.05) is 18.2 Å². The molecule has 1 aromatic carbocycles. The zero-order chi connectivity index (χ0) is 17.2. The van der Waals surface area contributed by atoms with Crippen molar-refractivity contribution in [1.82, 2.24) is 10.3 Å². The second-order valence-electron chi connectivity index (χ2n) is 7.94. The van der Waals surface area contributed by atoms with Gasteiger partial charge in [-0.15, -0.1) is 0 Å². The van der Waals surface area contributed by atoms with E-state index in [4.69, 9.17) is 4.98 Å². The van der Waals surface area contributed by atoms with Gasteiger partial charge in [0.25, 0.3) is 5.91 Å². The van der Waals surface area contributed by atoms with Crippen molar-refractivity contribution in [2.24, 2.45) is 5.92 Å². The minimum atomic E-state index is 0.121. The van der Waals surface area contributed by atoms with Crippen LogP contribution in [0.15, 0.2) is 24.3 Å². The first kappa shape index (κ1) is 16.6. The van der Waals surface area contributed by atoms with Gasteiger partial charge in [-0.3, -0.25) is 9.78 Å². The van der Waals surface area contributed by atoms with Crippen molar-refractivity contribution < 1.29 is 4.79 Å². The Bertz CT molecular complexity index is 775. The quantitative estimate of drug-likeness (QED) is 0.800. The molecule has 4 rings (SSSR count). The Morgan fingerprint density at radius 2 is 1.84 bits per heavy atom. The number of nitrogens with one attached hydrogen (secondary N) is 1. The Balaban J connectivity index is 1.73. The number of hydrogen-bond donors (Lipinski definition) is 1. The van der Waals surface area contributed by atoms with Crippen LogP contribution in [0.3, 0.4) is 0 Å². The van der Waals surface area contributed by atoms with Crippen molar-refractivity contribution in [2.75, 3.05) is 0 Å². The third kappa shape index (κ3) is 3.42. The smallest absolute Gasteiger partial charge is 0.252 e. The number of pyridine rings is 1. The fourth-order valence-electron chi connectivity index (χ4n) is 4.50. The largest absolute Gasteiger partial charge is 0.349 e. The molecule has 132 valence electrons. The highest BCUT2D eigenvalue weighted by molar-refractivity contribution is 6.07. The SMILES string of the molecule is CC1CCc2nc3ccccc3c(C(=O)NC3CCCCCC3)c2C1. The molecular weight excluding hydrogens is 308 g/mol. The highest BCUT2D eigenvalue weighted by atomic mass is 16.1. The third-order valence-corrected chi connectivity index (χ3v) is 5.92. The van der Waals surface area contributed by atoms with Crippen LogP contribution >= 0.6 is 0 Å². The molecule has 1 atom stereocenters. The van der Waals surface area contributed by atoms with Crippen LogP contribution < -0.4 is 5.32 Å². The van der Waals surface area contributed by atoms with E-state index in [0.717, 1.165) is 47.8 Å². The predicted molar refractivity (Wildman–Crippen MR) is 102 cm³/mol. The minimum absolute atomic E-state index is 0.121. The molecule has 1 heterocycles. The van der Waals surface area contributed by atoms with Gasteiger partial charge in [0.15, 0.2) is 0 Å². The molecule has 1 unspecified atom stereocenters. The van der Waals surface area contributed by atoms with Gasteiger partial charge in [-0.1, -0.05) is 50.8 Å². The van der Waals surface area contributed by atoms with Gasteiger partial charge >= 0.3 is 0 Å². The Kier molecular flexibility index (Phi) is 4.74. The predicted octanol–water partition coefficient (Wildman–Crippen LogP) is 4.81. The van der Waals surface area contributed by atoms with E-state index in [1.54, 1.807) is 0 Å². The van der Waals surface area contributed by atoms with Crippen LogP contribution in [-0.4, -0.2) is 16.9 Å². The molecular formula is C22H28N2O. The molecule has 2 aliphatic rings. The van der Waals surface area contributed by atoms with Gasteiger partial charge in [0.1, 0.15) is 0 Å². The third-order valence-electron chi connectivity index (χ3n) is 5.92. The topological polar surface area (TPSA) is 42.0 Å². The number of aryl methyl sites for hydroxylation is 1. The molecule has 2 aromatic rings. The Hall–Kier alpha value is -1.90. The number of aromatic nitrogens is 1. The van der Waals surface area contributed by atoms with E-state index in [0.29, 0.717) is 12.0 Å². The van der Waals surface area contributed by atoms with E-state index in [1.165, 1.54) is 37.7 Å². The first-order valence-electron chi connectivity index (χ1n) is 9.93. The number of hydrogen-bond acceptors (Lipinski definition) is 2. The molecule has 0 saturated heterocycles. The van der Waals surface area contributed by atoms with Gasteiger partial charge < -0.3 is 5.32 Å². The van der Waals surface area contributed by atoms with Crippen LogP contribution in [0.1, 0.15) is 73.5 Å². The summed E-state index contributed by atoms with van der Waals surface area (Å²) < 4.78 is 0. The van der Waals surface area contributed by atoms with Crippen LogP contribution in [0.4, 0.5) is 0 Å². The summed E-state index contributed by atoms with van der Waals surface area (Å²) in [5, 5.41) is 4.38. The number of carbonyl (C=O) groups excluding carboxylic acids is 1. The van der Waals surface area contributed by atoms with E-state index < -0.39 is 0 Å². The van der Waals surface area contributed by atoms with Crippen LogP contribution in [0.25, 0.3) is 10.9 Å². The second kappa shape index (κ2) is 7.15. The molecule has 1 aromatic heterocycles. The molecule has 2 aliphatic carbocycles. The van der Waals surface area contributed by atoms with Gasteiger partial charge in [0.05, 0.1) is 11.1 Å². The highest BCUT2D eigenvalue weighted by Crippen LogP contribution is 2.31. The van der Waals surface area contributed by atoms with Crippen molar-refractivity contribution >= 4 is 16.8 Å². The fraction of sp³-hybridized carbons (Fsp3) is 0.545. The molecule has 1 amide bonds. The lowest BCUT2D eigenvalue weighted by molar-refractivity contribution is 0.0933. The average Bonchev–Trinajstić information content (AvgIpc) is 2.88. The van der Waals surface area contributed by atoms with Crippen molar-refractivity contribution in [3.05, 3.63) is 41.1 Å². The summed E-state index contributed by atoms with van der Waals surface area (Å²) in [6.07, 6.45) is 10.4. The van der Waals surface area contributed by atoms with E-state index >= 15 is 0 Å². The van der Waals surface area contributed by atoms with Crippen LogP contribution in [0.2, 0.25) is 0 Å². The highest BCUT2D eigenvalue weighted by Gasteiger charge is 2.26. The monoisotopic (exact) mass is 336 g/mol. The molecule has 0 bridgehead atoms. The molecule has 1 N–H and O–H groups in total. The number of carbonyl (C=O) groups is 1. The lowest BCUT2D eigenvalue weighted by atomic mass is 9.84. The van der Waals surface area contributed by atoms with Crippen LogP contribution in [0, 0.1) is 5.92 Å². The van der Waals surface area contributed by atoms with Crippen molar-refractivity contribution in [3.8, 4) is 0 Å². The lowest BCUT2D eigenvalue weighted by Gasteiger charge is -2.25. The molecule has 0 aliphatic heterocycles. The first-order valence-corrected chi connectivity index (χ1v) is 9.93. The molecule has 3 heteroatoms. The fourth-order valence-corrected chi connectivity index (χ4v) is 4.50. The summed E-state index contributed by atoms with van der Waals surface area (Å²) in [4.78, 5) is 18.2. The second-order valence-corrected chi connectivity index (χ2v) is 7.94. The number of para-hydroxylation sites is 1. The maximum absolute atomic E-state index is 13.3. The summed E-state index contributed by atoms with van der Waals surface area (Å²) in [5.41, 5.74) is 4.20. The summed E-state index contributed by atoms with van der Waals surface area (Å²) in [5.74, 6) is 0.746. The van der Waals surface area contributed by atoms with Gasteiger partial charge in [-0.05, 0) is 49.7 Å². The van der Waals surface area contributed by atoms with Crippen molar-refractivity contribution in [1.29, 1.82) is 0 Å². The Labute approximate surface area is 150 Å². The van der Waals surface area contributed by atoms with Crippen molar-refractivity contribution in [2.45, 2.75) is 70.8 Å². The van der Waals surface area contributed by atoms with Crippen LogP contribution in [-0.2, 0) is 12.8 Å². The lowest BCUT2D eigenvalue weighted by Crippen LogP contribution is -2.35. The number of nitrogens with zero attached hydrogens (tertiary/aromatic N) is 1. The molecule has 25 heavy (non-hydrogen) atoms. The van der Waals surface area contributed by atoms with Crippen LogP contribution in [0.5, 0.6) is 0 Å². The van der Waals surface area contributed by atoms with E-state index in [9.17, 15) is 4.79 Å². The van der Waals surface area contributed by atoms with E-state index in [-0.39, 0.29) is 5.91 Å². The molecule has 1 fully saturated rings. The van der Waals surface area contributed by atoms with E-state index in [2.05, 4.69) is 18.3 Å². The number of fused-ring (bicyclic) bond motifs is 2. The zero-order valence-electron chi connectivity index (χ0n) is 15.2.